The summed E-state index contributed by atoms with van der Waals surface area (Å²) in [7, 11) is 0. The van der Waals surface area contributed by atoms with Gasteiger partial charge < -0.3 is 0 Å². The Morgan fingerprint density at radius 1 is 0.938 bits per heavy atom. The van der Waals surface area contributed by atoms with Crippen molar-refractivity contribution in [1.29, 1.82) is 5.26 Å². The normalized spacial score (nSPS) is 5.06. The van der Waals surface area contributed by atoms with Crippen LogP contribution in [0.5, 0.6) is 0 Å². The summed E-state index contributed by atoms with van der Waals surface area (Å²) < 4.78 is 22.5. The average molecular weight is 253 g/mol. The number of nitrogens with zero attached hydrogens (tertiary/aromatic N) is 1. The Morgan fingerprint density at radius 3 is 1.62 bits per heavy atom. The van der Waals surface area contributed by atoms with Crippen LogP contribution < -0.4 is 0 Å². The van der Waals surface area contributed by atoms with Crippen molar-refractivity contribution in [2.24, 2.45) is 0 Å². The molecule has 0 aliphatic rings. The van der Waals surface area contributed by atoms with E-state index >= 15 is 0 Å². The Labute approximate surface area is 105 Å². The summed E-state index contributed by atoms with van der Waals surface area (Å²) in [5.74, 6) is 0. The smallest absolute Gasteiger partial charge is 0 e. The Kier molecular flexibility index (Phi) is 43.7. The molecular weight excluding hydrogens is 246 g/mol. The predicted molar refractivity (Wildman–Crippen MR) is 47.5 cm³/mol. The van der Waals surface area contributed by atoms with Gasteiger partial charge in [-0.25, -0.2) is 0 Å². The van der Waals surface area contributed by atoms with E-state index < -0.39 is 0 Å². The van der Waals surface area contributed by atoms with E-state index in [4.69, 9.17) is 19.2 Å². The zero-order valence-electron chi connectivity index (χ0n) is 8.17. The van der Waals surface area contributed by atoms with Crippen LogP contribution in [-0.2, 0) is 37.7 Å². The molecule has 0 heterocycles. The second-order valence-electron chi connectivity index (χ2n) is 1.82. The molecule has 1 aromatic rings. The molecule has 0 fully saturated rings. The fourth-order valence-electron chi connectivity index (χ4n) is 0.687. The maximum absolute atomic E-state index is 8.27. The topological polar surface area (TPSA) is 83.5 Å². The van der Waals surface area contributed by atoms with Crippen LogP contribution in [0, 0.1) is 31.3 Å². The van der Waals surface area contributed by atoms with Crippen LogP contribution in [-0.4, -0.2) is 0 Å². The molecule has 0 aliphatic heterocycles. The van der Waals surface area contributed by atoms with E-state index in [1.54, 1.807) is 0 Å². The maximum Gasteiger partial charge on any atom is 0 e. The molecule has 0 spiro atoms. The molecule has 0 radical (unpaired) electrons. The van der Waals surface area contributed by atoms with E-state index in [-0.39, 0.29) is 17.4 Å². The monoisotopic (exact) mass is 253 g/mol. The molecule has 0 unspecified atom stereocenters. The molecule has 0 saturated heterocycles. The van der Waals surface area contributed by atoms with Gasteiger partial charge in [-0.05, 0) is 5.56 Å². The molecule has 1 aromatic carbocycles. The molecule has 0 aromatic heterocycles. The minimum Gasteiger partial charge on any atom is 0 e. The molecule has 4 nitrogen and oxygen atoms in total. The third-order valence-electron chi connectivity index (χ3n) is 1.13. The average Bonchev–Trinajstić information content (AvgIpc) is 2.38. The molecular formula is C11H7CrNO3. The van der Waals surface area contributed by atoms with Gasteiger partial charge in [-0.3, -0.25) is 0 Å². The predicted octanol–water partition coefficient (Wildman–Crippen LogP) is 1.64. The molecule has 0 amide bonds. The molecule has 0 atom stereocenters. The van der Waals surface area contributed by atoms with Gasteiger partial charge in [0.05, 0.1) is 12.5 Å². The van der Waals surface area contributed by atoms with Crippen molar-refractivity contribution < 1.29 is 31.3 Å². The fraction of sp³-hybridized carbons (Fsp3) is 0.0909. The van der Waals surface area contributed by atoms with E-state index in [0.29, 0.717) is 6.42 Å². The van der Waals surface area contributed by atoms with Gasteiger partial charge in [-0.2, -0.15) is 5.26 Å². The third-order valence-corrected chi connectivity index (χ3v) is 1.13. The first-order chi connectivity index (χ1) is 7.43. The summed E-state index contributed by atoms with van der Waals surface area (Å²) in [6.07, 6.45) is 0.515. The molecule has 0 aliphatic carbocycles. The van der Waals surface area contributed by atoms with Crippen molar-refractivity contribution in [2.45, 2.75) is 6.42 Å². The van der Waals surface area contributed by atoms with Gasteiger partial charge in [-0.15, -0.1) is 0 Å². The van der Waals surface area contributed by atoms with Gasteiger partial charge in [0.25, 0.3) is 0 Å². The molecule has 0 saturated carbocycles. The number of hydrogen-bond acceptors (Lipinski definition) is 1. The van der Waals surface area contributed by atoms with Gasteiger partial charge in [0.15, 0.2) is 0 Å². The first kappa shape index (κ1) is 23.9. The molecule has 16 heavy (non-hydrogen) atoms. The molecule has 80 valence electrons. The zero-order chi connectivity index (χ0) is 12.5. The van der Waals surface area contributed by atoms with Crippen molar-refractivity contribution in [3.05, 3.63) is 55.8 Å². The summed E-state index contributed by atoms with van der Waals surface area (Å²) in [6, 6.07) is 11.8. The number of hydrogen-bond donors (Lipinski definition) is 0. The number of benzene rings is 1. The molecule has 1 rings (SSSR count). The third kappa shape index (κ3) is 18.3. The molecule has 0 N–H and O–H groups in total. The summed E-state index contributed by atoms with van der Waals surface area (Å²) in [5, 5.41) is 8.27. The Morgan fingerprint density at radius 2 is 1.31 bits per heavy atom. The minimum absolute atomic E-state index is 0. The van der Waals surface area contributed by atoms with Crippen LogP contribution in [0.2, 0.25) is 0 Å². The first-order valence-corrected chi connectivity index (χ1v) is 3.45. The molecule has 0 bridgehead atoms. The van der Waals surface area contributed by atoms with Gasteiger partial charge in [0.2, 0.25) is 0 Å². The summed E-state index contributed by atoms with van der Waals surface area (Å²) >= 11 is 0. The quantitative estimate of drug-likeness (QED) is 0.553. The fourth-order valence-corrected chi connectivity index (χ4v) is 0.687. The Bertz CT molecular complexity index is 310. The zero-order valence-corrected chi connectivity index (χ0v) is 9.45. The minimum atomic E-state index is 0. The van der Waals surface area contributed by atoms with Crippen molar-refractivity contribution in [3.63, 3.8) is 0 Å². The molecule has 5 heteroatoms. The van der Waals surface area contributed by atoms with Crippen molar-refractivity contribution >= 4 is 0 Å². The Hall–Kier alpha value is -1.54. The van der Waals surface area contributed by atoms with Crippen LogP contribution in [0.4, 0.5) is 0 Å². The summed E-state index contributed by atoms with van der Waals surface area (Å²) in [5.41, 5.74) is 1.08. The summed E-state index contributed by atoms with van der Waals surface area (Å²) in [4.78, 5) is 0. The van der Waals surface area contributed by atoms with Crippen LogP contribution in [0.15, 0.2) is 30.3 Å². The van der Waals surface area contributed by atoms with E-state index in [9.17, 15) is 0 Å². The van der Waals surface area contributed by atoms with Crippen molar-refractivity contribution in [2.75, 3.05) is 0 Å². The van der Waals surface area contributed by atoms with Gasteiger partial charge >= 0.3 is 33.9 Å². The number of rotatable bonds is 1. The van der Waals surface area contributed by atoms with Crippen LogP contribution >= 0.6 is 0 Å². The van der Waals surface area contributed by atoms with Crippen molar-refractivity contribution in [3.8, 4) is 6.07 Å². The second kappa shape index (κ2) is 29.2. The summed E-state index contributed by atoms with van der Waals surface area (Å²) in [6.45, 7) is 13.5. The van der Waals surface area contributed by atoms with Crippen molar-refractivity contribution in [1.82, 2.24) is 0 Å². The van der Waals surface area contributed by atoms with Gasteiger partial charge in [-0.1, -0.05) is 30.3 Å². The van der Waals surface area contributed by atoms with E-state index in [2.05, 4.69) is 26.0 Å². The van der Waals surface area contributed by atoms with E-state index in [0.717, 1.165) is 5.56 Å². The first-order valence-electron chi connectivity index (χ1n) is 3.45. The standard InChI is InChI=1S/C8H7N.3CO.Cr/c9-7-6-8-4-2-1-3-5-8;3*1-2;/h1-5H,6H2;;;;. The van der Waals surface area contributed by atoms with E-state index in [1.807, 2.05) is 30.3 Å². The number of nitriles is 1. The Balaban J connectivity index is -0.0000000900. The van der Waals surface area contributed by atoms with Gasteiger partial charge in [0.1, 0.15) is 0 Å². The van der Waals surface area contributed by atoms with Gasteiger partial charge in [0, 0.05) is 17.4 Å². The second-order valence-corrected chi connectivity index (χ2v) is 1.82. The van der Waals surface area contributed by atoms with E-state index in [1.165, 1.54) is 0 Å². The van der Waals surface area contributed by atoms with Crippen LogP contribution in [0.1, 0.15) is 5.56 Å². The van der Waals surface area contributed by atoms with Crippen LogP contribution in [0.25, 0.3) is 0 Å². The largest absolute Gasteiger partial charge is 0 e. The van der Waals surface area contributed by atoms with Crippen LogP contribution in [0.3, 0.4) is 0 Å². The SMILES string of the molecule is N#CCc1ccccc1.[C-]#[O+].[C-]#[O+].[C-]#[O+].[Cr]. The maximum atomic E-state index is 8.27.